The number of nitrogens with one attached hydrogen (secondary N) is 3. The van der Waals surface area contributed by atoms with Crippen LogP contribution in [0.4, 0.5) is 5.69 Å². The van der Waals surface area contributed by atoms with Crippen molar-refractivity contribution in [3.63, 3.8) is 0 Å². The minimum atomic E-state index is -0.363. The van der Waals surface area contributed by atoms with Crippen molar-refractivity contribution >= 4 is 28.8 Å². The third-order valence-corrected chi connectivity index (χ3v) is 5.83. The van der Waals surface area contributed by atoms with Crippen molar-refractivity contribution in [3.05, 3.63) is 52.2 Å². The van der Waals surface area contributed by atoms with Gasteiger partial charge in [-0.2, -0.15) is 0 Å². The maximum absolute atomic E-state index is 12.5. The first-order valence-corrected chi connectivity index (χ1v) is 9.60. The van der Waals surface area contributed by atoms with Crippen molar-refractivity contribution in [1.82, 2.24) is 10.6 Å². The van der Waals surface area contributed by atoms with Gasteiger partial charge in [0, 0.05) is 17.8 Å². The Morgan fingerprint density at radius 1 is 1.12 bits per heavy atom. The maximum Gasteiger partial charge on any atom is 0.265 e. The van der Waals surface area contributed by atoms with Crippen LogP contribution in [0.3, 0.4) is 0 Å². The molecule has 2 amide bonds. The van der Waals surface area contributed by atoms with Crippen LogP contribution in [0.15, 0.2) is 41.8 Å². The van der Waals surface area contributed by atoms with E-state index in [4.69, 9.17) is 0 Å². The van der Waals surface area contributed by atoms with Crippen LogP contribution in [0.2, 0.25) is 0 Å². The monoisotopic (exact) mass is 355 g/mol. The summed E-state index contributed by atoms with van der Waals surface area (Å²) in [6.07, 6.45) is 4.52. The SMILES string of the molecule is O=C(Nc1cccc(C2NC3CCCCC3NC2=O)c1)c1cccs1. The molecule has 3 atom stereocenters. The van der Waals surface area contributed by atoms with Crippen LogP contribution in [0.5, 0.6) is 0 Å². The second-order valence-electron chi connectivity index (χ2n) is 6.66. The fourth-order valence-electron chi connectivity index (χ4n) is 3.70. The van der Waals surface area contributed by atoms with E-state index in [9.17, 15) is 9.59 Å². The van der Waals surface area contributed by atoms with E-state index in [1.807, 2.05) is 35.7 Å². The van der Waals surface area contributed by atoms with E-state index in [1.165, 1.54) is 24.2 Å². The van der Waals surface area contributed by atoms with Crippen molar-refractivity contribution < 1.29 is 9.59 Å². The van der Waals surface area contributed by atoms with Gasteiger partial charge in [-0.1, -0.05) is 31.0 Å². The summed E-state index contributed by atoms with van der Waals surface area (Å²) in [7, 11) is 0. The summed E-state index contributed by atoms with van der Waals surface area (Å²) in [5, 5.41) is 11.5. The van der Waals surface area contributed by atoms with Gasteiger partial charge in [0.05, 0.1) is 4.88 Å². The minimum absolute atomic E-state index is 0.0184. The molecule has 1 saturated heterocycles. The lowest BCUT2D eigenvalue weighted by Gasteiger charge is -2.40. The third kappa shape index (κ3) is 3.45. The summed E-state index contributed by atoms with van der Waals surface area (Å²) in [6, 6.07) is 11.4. The van der Waals surface area contributed by atoms with Gasteiger partial charge in [-0.3, -0.25) is 14.9 Å². The van der Waals surface area contributed by atoms with Crippen LogP contribution in [-0.4, -0.2) is 23.9 Å². The summed E-state index contributed by atoms with van der Waals surface area (Å²) in [6.45, 7) is 0. The van der Waals surface area contributed by atoms with E-state index in [0.29, 0.717) is 16.6 Å². The second kappa shape index (κ2) is 6.98. The predicted molar refractivity (Wildman–Crippen MR) is 98.8 cm³/mol. The van der Waals surface area contributed by atoms with E-state index in [2.05, 4.69) is 16.0 Å². The number of anilines is 1. The quantitative estimate of drug-likeness (QED) is 0.792. The molecule has 0 radical (unpaired) electrons. The molecule has 0 bridgehead atoms. The fourth-order valence-corrected chi connectivity index (χ4v) is 4.32. The molecule has 3 N–H and O–H groups in total. The molecule has 2 fully saturated rings. The first-order chi connectivity index (χ1) is 12.2. The van der Waals surface area contributed by atoms with E-state index in [0.717, 1.165) is 18.4 Å². The number of thiophene rings is 1. The number of amides is 2. The number of rotatable bonds is 3. The van der Waals surface area contributed by atoms with Crippen LogP contribution in [0.1, 0.15) is 47.0 Å². The highest BCUT2D eigenvalue weighted by molar-refractivity contribution is 7.12. The highest BCUT2D eigenvalue weighted by Crippen LogP contribution is 2.28. The Morgan fingerprint density at radius 2 is 1.96 bits per heavy atom. The van der Waals surface area contributed by atoms with Gasteiger partial charge < -0.3 is 10.6 Å². The van der Waals surface area contributed by atoms with Gasteiger partial charge in [-0.25, -0.2) is 0 Å². The fraction of sp³-hybridized carbons (Fsp3) is 0.368. The van der Waals surface area contributed by atoms with Crippen molar-refractivity contribution in [2.24, 2.45) is 0 Å². The highest BCUT2D eigenvalue weighted by atomic mass is 32.1. The molecule has 1 aliphatic carbocycles. The van der Waals surface area contributed by atoms with E-state index in [1.54, 1.807) is 6.07 Å². The topological polar surface area (TPSA) is 70.2 Å². The Kier molecular flexibility index (Phi) is 4.55. The van der Waals surface area contributed by atoms with Crippen molar-refractivity contribution in [3.8, 4) is 0 Å². The Bertz CT molecular complexity index is 775. The molecule has 2 heterocycles. The molecule has 1 aromatic carbocycles. The average molecular weight is 355 g/mol. The first kappa shape index (κ1) is 16.3. The Hall–Kier alpha value is -2.18. The van der Waals surface area contributed by atoms with E-state index >= 15 is 0 Å². The number of hydrogen-bond acceptors (Lipinski definition) is 4. The number of piperazine rings is 1. The lowest BCUT2D eigenvalue weighted by Crippen LogP contribution is -2.61. The van der Waals surface area contributed by atoms with Gasteiger partial charge in [0.25, 0.3) is 5.91 Å². The Labute approximate surface area is 150 Å². The average Bonchev–Trinajstić information content (AvgIpc) is 3.16. The lowest BCUT2D eigenvalue weighted by molar-refractivity contribution is -0.127. The molecule has 130 valence electrons. The first-order valence-electron chi connectivity index (χ1n) is 8.72. The smallest absolute Gasteiger partial charge is 0.265 e. The normalized spacial score (nSPS) is 25.8. The van der Waals surface area contributed by atoms with Gasteiger partial charge in [0.15, 0.2) is 0 Å². The number of hydrogen-bond donors (Lipinski definition) is 3. The maximum atomic E-state index is 12.5. The molecule has 6 heteroatoms. The van der Waals surface area contributed by atoms with Crippen molar-refractivity contribution in [2.75, 3.05) is 5.32 Å². The molecule has 4 rings (SSSR count). The Balaban J connectivity index is 1.50. The number of fused-ring (bicyclic) bond motifs is 1. The molecule has 0 spiro atoms. The van der Waals surface area contributed by atoms with Crippen LogP contribution < -0.4 is 16.0 Å². The van der Waals surface area contributed by atoms with Gasteiger partial charge in [0.1, 0.15) is 6.04 Å². The van der Waals surface area contributed by atoms with Crippen LogP contribution in [0, 0.1) is 0 Å². The summed E-state index contributed by atoms with van der Waals surface area (Å²) in [5.74, 6) is -0.106. The molecule has 25 heavy (non-hydrogen) atoms. The second-order valence-corrected chi connectivity index (χ2v) is 7.61. The summed E-state index contributed by atoms with van der Waals surface area (Å²) < 4.78 is 0. The van der Waals surface area contributed by atoms with Crippen molar-refractivity contribution in [2.45, 2.75) is 43.8 Å². The summed E-state index contributed by atoms with van der Waals surface area (Å²) in [4.78, 5) is 25.4. The minimum Gasteiger partial charge on any atom is -0.350 e. The van der Waals surface area contributed by atoms with E-state index < -0.39 is 0 Å². The van der Waals surface area contributed by atoms with Gasteiger partial charge in [-0.05, 0) is 42.0 Å². The molecule has 5 nitrogen and oxygen atoms in total. The molecular weight excluding hydrogens is 334 g/mol. The van der Waals surface area contributed by atoms with Gasteiger partial charge in [-0.15, -0.1) is 11.3 Å². The van der Waals surface area contributed by atoms with E-state index in [-0.39, 0.29) is 23.9 Å². The van der Waals surface area contributed by atoms with Crippen LogP contribution in [0.25, 0.3) is 0 Å². The standard InChI is InChI=1S/C19H21N3O2S/c23-18(16-9-4-10-25-16)20-13-6-3-5-12(11-13)17-19(24)22-15-8-2-1-7-14(15)21-17/h3-6,9-11,14-15,17,21H,1-2,7-8H2,(H,20,23)(H,22,24). The molecule has 1 aliphatic heterocycles. The van der Waals surface area contributed by atoms with Crippen molar-refractivity contribution in [1.29, 1.82) is 0 Å². The van der Waals surface area contributed by atoms with Crippen LogP contribution in [-0.2, 0) is 4.79 Å². The highest BCUT2D eigenvalue weighted by Gasteiger charge is 2.36. The lowest BCUT2D eigenvalue weighted by atomic mass is 9.86. The van der Waals surface area contributed by atoms with Gasteiger partial charge in [0.2, 0.25) is 5.91 Å². The Morgan fingerprint density at radius 3 is 2.76 bits per heavy atom. The zero-order valence-corrected chi connectivity index (χ0v) is 14.6. The molecular formula is C19H21N3O2S. The molecule has 1 aromatic heterocycles. The molecule has 3 unspecified atom stereocenters. The summed E-state index contributed by atoms with van der Waals surface area (Å²) >= 11 is 1.41. The number of benzene rings is 1. The summed E-state index contributed by atoms with van der Waals surface area (Å²) in [5.41, 5.74) is 1.58. The number of carbonyl (C=O) groups excluding carboxylic acids is 2. The molecule has 2 aliphatic rings. The number of carbonyl (C=O) groups is 2. The molecule has 2 aromatic rings. The van der Waals surface area contributed by atoms with Crippen LogP contribution >= 0.6 is 11.3 Å². The largest absolute Gasteiger partial charge is 0.350 e. The zero-order valence-electron chi connectivity index (χ0n) is 13.8. The molecule has 1 saturated carbocycles. The third-order valence-electron chi connectivity index (χ3n) is 4.96. The zero-order chi connectivity index (χ0) is 17.2. The predicted octanol–water partition coefficient (Wildman–Crippen LogP) is 3.07. The van der Waals surface area contributed by atoms with Gasteiger partial charge >= 0.3 is 0 Å².